The fraction of sp³-hybridized carbons (Fsp3) is 0.667. The third kappa shape index (κ3) is 2.90. The van der Waals surface area contributed by atoms with Crippen LogP contribution in [0.4, 0.5) is 0 Å². The van der Waals surface area contributed by atoms with Gasteiger partial charge in [0, 0.05) is 31.4 Å². The van der Waals surface area contributed by atoms with Crippen molar-refractivity contribution in [1.82, 2.24) is 14.8 Å². The van der Waals surface area contributed by atoms with Gasteiger partial charge in [0.15, 0.2) is 0 Å². The summed E-state index contributed by atoms with van der Waals surface area (Å²) >= 11 is 0. The number of hydrogen-bond donors (Lipinski definition) is 0. The molecule has 0 N–H and O–H groups in total. The number of rotatable bonds is 2. The van der Waals surface area contributed by atoms with E-state index in [-0.39, 0.29) is 5.54 Å². The van der Waals surface area contributed by atoms with E-state index >= 15 is 0 Å². The maximum absolute atomic E-state index is 4.57. The van der Waals surface area contributed by atoms with E-state index in [2.05, 4.69) is 54.6 Å². The highest BCUT2D eigenvalue weighted by Crippen LogP contribution is 2.30. The Balaban J connectivity index is 2.25. The monoisotopic (exact) mass is 247 g/mol. The van der Waals surface area contributed by atoms with Crippen LogP contribution < -0.4 is 0 Å². The van der Waals surface area contributed by atoms with Crippen molar-refractivity contribution in [1.29, 1.82) is 0 Å². The van der Waals surface area contributed by atoms with Crippen molar-refractivity contribution in [2.45, 2.75) is 39.3 Å². The minimum atomic E-state index is 0.196. The first-order valence-electron chi connectivity index (χ1n) is 6.92. The van der Waals surface area contributed by atoms with Crippen molar-refractivity contribution in [3.05, 3.63) is 30.1 Å². The van der Waals surface area contributed by atoms with E-state index in [0.717, 1.165) is 26.2 Å². The molecule has 1 saturated heterocycles. The molecule has 1 aliphatic rings. The minimum absolute atomic E-state index is 0.196. The smallest absolute Gasteiger partial charge is 0.0653 e. The van der Waals surface area contributed by atoms with Gasteiger partial charge in [0.05, 0.1) is 11.7 Å². The lowest BCUT2D eigenvalue weighted by Crippen LogP contribution is -2.55. The highest BCUT2D eigenvalue weighted by Gasteiger charge is 2.34. The highest BCUT2D eigenvalue weighted by atomic mass is 15.3. The zero-order valence-electron chi connectivity index (χ0n) is 12.1. The molecule has 2 rings (SSSR count). The third-order valence-corrected chi connectivity index (χ3v) is 3.80. The van der Waals surface area contributed by atoms with E-state index in [0.29, 0.717) is 6.04 Å². The molecule has 0 amide bonds. The minimum Gasteiger partial charge on any atom is -0.300 e. The normalized spacial score (nSPS) is 23.2. The van der Waals surface area contributed by atoms with Crippen LogP contribution in [0.25, 0.3) is 0 Å². The van der Waals surface area contributed by atoms with Gasteiger partial charge in [-0.1, -0.05) is 13.0 Å². The SMILES string of the molecule is CCN1CCN(C(C)(C)C)C(c2ccccn2)C1. The van der Waals surface area contributed by atoms with E-state index in [1.807, 2.05) is 12.3 Å². The van der Waals surface area contributed by atoms with Crippen molar-refractivity contribution in [3.63, 3.8) is 0 Å². The Morgan fingerprint density at radius 2 is 2.06 bits per heavy atom. The second-order valence-electron chi connectivity index (χ2n) is 6.03. The lowest BCUT2D eigenvalue weighted by atomic mass is 9.98. The van der Waals surface area contributed by atoms with Crippen molar-refractivity contribution in [2.75, 3.05) is 26.2 Å². The van der Waals surface area contributed by atoms with Crippen LogP contribution in [0.5, 0.6) is 0 Å². The summed E-state index contributed by atoms with van der Waals surface area (Å²) in [5, 5.41) is 0. The molecule has 0 bridgehead atoms. The van der Waals surface area contributed by atoms with Gasteiger partial charge in [0.2, 0.25) is 0 Å². The average Bonchev–Trinajstić information content (AvgIpc) is 2.38. The molecule has 3 nitrogen and oxygen atoms in total. The van der Waals surface area contributed by atoms with Crippen LogP contribution in [0.15, 0.2) is 24.4 Å². The summed E-state index contributed by atoms with van der Waals surface area (Å²) in [6.45, 7) is 13.6. The van der Waals surface area contributed by atoms with E-state index in [9.17, 15) is 0 Å². The molecule has 1 unspecified atom stereocenters. The molecule has 0 aromatic carbocycles. The van der Waals surface area contributed by atoms with Crippen LogP contribution >= 0.6 is 0 Å². The van der Waals surface area contributed by atoms with Gasteiger partial charge in [0.1, 0.15) is 0 Å². The molecular formula is C15H25N3. The molecule has 100 valence electrons. The fourth-order valence-corrected chi connectivity index (χ4v) is 2.76. The molecule has 1 aromatic rings. The molecule has 2 heterocycles. The summed E-state index contributed by atoms with van der Waals surface area (Å²) in [6.07, 6.45) is 1.90. The first-order valence-corrected chi connectivity index (χ1v) is 6.92. The Labute approximate surface area is 111 Å². The molecule has 0 radical (unpaired) electrons. The third-order valence-electron chi connectivity index (χ3n) is 3.80. The van der Waals surface area contributed by atoms with Gasteiger partial charge in [-0.3, -0.25) is 9.88 Å². The molecule has 0 spiro atoms. The molecule has 0 aliphatic carbocycles. The van der Waals surface area contributed by atoms with E-state index in [4.69, 9.17) is 0 Å². The van der Waals surface area contributed by atoms with E-state index in [1.54, 1.807) is 0 Å². The van der Waals surface area contributed by atoms with Crippen LogP contribution in [-0.2, 0) is 0 Å². The Kier molecular flexibility index (Phi) is 4.03. The lowest BCUT2D eigenvalue weighted by Gasteiger charge is -2.47. The molecule has 18 heavy (non-hydrogen) atoms. The van der Waals surface area contributed by atoms with Crippen LogP contribution in [-0.4, -0.2) is 46.5 Å². The average molecular weight is 247 g/mol. The van der Waals surface area contributed by atoms with Crippen LogP contribution in [0.2, 0.25) is 0 Å². The van der Waals surface area contributed by atoms with Crippen LogP contribution in [0, 0.1) is 0 Å². The molecule has 0 saturated carbocycles. The number of nitrogens with zero attached hydrogens (tertiary/aromatic N) is 3. The lowest BCUT2D eigenvalue weighted by molar-refractivity contribution is 0.00893. The predicted octanol–water partition coefficient (Wildman–Crippen LogP) is 2.56. The molecule has 1 aliphatic heterocycles. The topological polar surface area (TPSA) is 19.4 Å². The highest BCUT2D eigenvalue weighted by molar-refractivity contribution is 5.12. The standard InChI is InChI=1S/C15H25N3/c1-5-17-10-11-18(15(2,3)4)14(12-17)13-8-6-7-9-16-13/h6-9,14H,5,10-12H2,1-4H3. The van der Waals surface area contributed by atoms with Gasteiger partial charge in [-0.25, -0.2) is 0 Å². The van der Waals surface area contributed by atoms with Gasteiger partial charge in [-0.05, 0) is 39.4 Å². The summed E-state index contributed by atoms with van der Waals surface area (Å²) in [7, 11) is 0. The quantitative estimate of drug-likeness (QED) is 0.800. The predicted molar refractivity (Wildman–Crippen MR) is 75.6 cm³/mol. The van der Waals surface area contributed by atoms with E-state index < -0.39 is 0 Å². The second kappa shape index (κ2) is 5.37. The molecule has 1 aromatic heterocycles. The zero-order chi connectivity index (χ0) is 13.2. The molecular weight excluding hydrogens is 222 g/mol. The van der Waals surface area contributed by atoms with Crippen LogP contribution in [0.3, 0.4) is 0 Å². The van der Waals surface area contributed by atoms with E-state index in [1.165, 1.54) is 5.69 Å². The van der Waals surface area contributed by atoms with Crippen LogP contribution in [0.1, 0.15) is 39.4 Å². The summed E-state index contributed by atoms with van der Waals surface area (Å²) in [6, 6.07) is 6.65. The van der Waals surface area contributed by atoms with Gasteiger partial charge in [-0.15, -0.1) is 0 Å². The molecule has 1 atom stereocenters. The van der Waals surface area contributed by atoms with Gasteiger partial charge < -0.3 is 4.90 Å². The van der Waals surface area contributed by atoms with Crippen molar-refractivity contribution < 1.29 is 0 Å². The number of hydrogen-bond acceptors (Lipinski definition) is 3. The largest absolute Gasteiger partial charge is 0.300 e. The van der Waals surface area contributed by atoms with Gasteiger partial charge in [0.25, 0.3) is 0 Å². The first kappa shape index (κ1) is 13.5. The van der Waals surface area contributed by atoms with Crippen molar-refractivity contribution >= 4 is 0 Å². The Hall–Kier alpha value is -0.930. The summed E-state index contributed by atoms with van der Waals surface area (Å²) in [5.74, 6) is 0. The number of pyridine rings is 1. The number of likely N-dealkylation sites (N-methyl/N-ethyl adjacent to an activating group) is 1. The Morgan fingerprint density at radius 3 is 2.61 bits per heavy atom. The van der Waals surface area contributed by atoms with Gasteiger partial charge in [-0.2, -0.15) is 0 Å². The Bertz CT molecular complexity index is 369. The Morgan fingerprint density at radius 1 is 1.28 bits per heavy atom. The molecule has 1 fully saturated rings. The fourth-order valence-electron chi connectivity index (χ4n) is 2.76. The molecule has 3 heteroatoms. The summed E-state index contributed by atoms with van der Waals surface area (Å²) < 4.78 is 0. The maximum atomic E-state index is 4.57. The zero-order valence-corrected chi connectivity index (χ0v) is 12.1. The number of piperazine rings is 1. The van der Waals surface area contributed by atoms with Crippen molar-refractivity contribution in [3.8, 4) is 0 Å². The van der Waals surface area contributed by atoms with Crippen molar-refractivity contribution in [2.24, 2.45) is 0 Å². The second-order valence-corrected chi connectivity index (χ2v) is 6.03. The summed E-state index contributed by atoms with van der Waals surface area (Å²) in [5.41, 5.74) is 1.40. The number of aromatic nitrogens is 1. The van der Waals surface area contributed by atoms with Gasteiger partial charge >= 0.3 is 0 Å². The summed E-state index contributed by atoms with van der Waals surface area (Å²) in [4.78, 5) is 9.67. The maximum Gasteiger partial charge on any atom is 0.0653 e. The first-order chi connectivity index (χ1) is 8.52.